The van der Waals surface area contributed by atoms with Crippen LogP contribution >= 0.6 is 0 Å². The molecule has 2 aromatic heterocycles. The van der Waals surface area contributed by atoms with Gasteiger partial charge in [-0.15, -0.1) is 0 Å². The van der Waals surface area contributed by atoms with Crippen LogP contribution < -0.4 is 0 Å². The highest BCUT2D eigenvalue weighted by Crippen LogP contribution is 2.01. The first-order chi connectivity index (χ1) is 9.06. The van der Waals surface area contributed by atoms with Crippen LogP contribution in [0.15, 0.2) is 25.0 Å². The summed E-state index contributed by atoms with van der Waals surface area (Å²) in [5, 5.41) is 25.1. The summed E-state index contributed by atoms with van der Waals surface area (Å²) in [6.45, 7) is 0.816. The van der Waals surface area contributed by atoms with Gasteiger partial charge in [0.15, 0.2) is 11.4 Å². The number of aliphatic hydroxyl groups excluding tert-OH is 1. The van der Waals surface area contributed by atoms with Gasteiger partial charge in [-0.1, -0.05) is 0 Å². The number of hydrogen-bond acceptors (Lipinski definition) is 5. The molecule has 0 atom stereocenters. The number of carboxylic acids is 2. The minimum Gasteiger partial charge on any atom is -0.477 e. The standard InChI is InChI=1S/C5H4N2O4.C5H8N2O/c8-4(9)2-3(5(10)11)7-1-6-2;8-4-3-7-2-1-6-5-7/h1H,(H,6,7)(H,8,9)(H,10,11);1-2,5,8H,3-4H2. The van der Waals surface area contributed by atoms with E-state index in [0.29, 0.717) is 6.54 Å². The van der Waals surface area contributed by atoms with E-state index in [4.69, 9.17) is 15.3 Å². The molecule has 9 nitrogen and oxygen atoms in total. The fourth-order valence-corrected chi connectivity index (χ4v) is 1.15. The number of H-pyrrole nitrogens is 1. The molecule has 0 amide bonds. The fraction of sp³-hybridized carbons (Fsp3) is 0.200. The molecule has 0 bridgehead atoms. The van der Waals surface area contributed by atoms with E-state index in [1.165, 1.54) is 0 Å². The van der Waals surface area contributed by atoms with Crippen LogP contribution in [0.5, 0.6) is 0 Å². The number of rotatable bonds is 4. The van der Waals surface area contributed by atoms with Crippen LogP contribution in [-0.4, -0.2) is 53.4 Å². The van der Waals surface area contributed by atoms with E-state index in [0.717, 1.165) is 6.33 Å². The van der Waals surface area contributed by atoms with Gasteiger partial charge in [-0.2, -0.15) is 0 Å². The minimum atomic E-state index is -1.36. The van der Waals surface area contributed by atoms with Crippen molar-refractivity contribution in [3.63, 3.8) is 0 Å². The van der Waals surface area contributed by atoms with Gasteiger partial charge >= 0.3 is 11.9 Å². The van der Waals surface area contributed by atoms with Crippen molar-refractivity contribution in [1.29, 1.82) is 0 Å². The first-order valence-electron chi connectivity index (χ1n) is 5.12. The molecule has 19 heavy (non-hydrogen) atoms. The maximum absolute atomic E-state index is 10.3. The van der Waals surface area contributed by atoms with Crippen molar-refractivity contribution in [3.8, 4) is 0 Å². The van der Waals surface area contributed by atoms with Crippen LogP contribution in [0.3, 0.4) is 0 Å². The summed E-state index contributed by atoms with van der Waals surface area (Å²) in [4.78, 5) is 29.8. The molecule has 9 heteroatoms. The molecule has 102 valence electrons. The van der Waals surface area contributed by atoms with Gasteiger partial charge in [-0.25, -0.2) is 19.6 Å². The Hall–Kier alpha value is -2.68. The van der Waals surface area contributed by atoms with Gasteiger partial charge in [-0.3, -0.25) is 0 Å². The molecule has 0 aliphatic heterocycles. The summed E-state index contributed by atoms with van der Waals surface area (Å²) in [7, 11) is 0. The zero-order valence-electron chi connectivity index (χ0n) is 9.72. The highest BCUT2D eigenvalue weighted by atomic mass is 16.4. The Morgan fingerprint density at radius 2 is 2.05 bits per heavy atom. The third-order valence-corrected chi connectivity index (χ3v) is 1.97. The maximum Gasteiger partial charge on any atom is 0.357 e. The molecule has 0 aliphatic carbocycles. The Kier molecular flexibility index (Phi) is 5.23. The number of aromatic amines is 1. The van der Waals surface area contributed by atoms with E-state index in [1.807, 2.05) is 10.8 Å². The number of aromatic nitrogens is 4. The maximum atomic E-state index is 10.3. The lowest BCUT2D eigenvalue weighted by Gasteiger charge is -1.92. The second-order valence-corrected chi connectivity index (χ2v) is 3.26. The number of aliphatic hydroxyl groups is 1. The number of nitrogens with zero attached hydrogens (tertiary/aromatic N) is 3. The predicted octanol–water partition coefficient (Wildman–Crippen LogP) is -0.319. The summed E-state index contributed by atoms with van der Waals surface area (Å²) < 4.78 is 1.82. The van der Waals surface area contributed by atoms with Crippen LogP contribution in [0.4, 0.5) is 0 Å². The molecule has 0 saturated heterocycles. The average molecular weight is 268 g/mol. The summed E-state index contributed by atoms with van der Waals surface area (Å²) in [6.07, 6.45) is 6.20. The third kappa shape index (κ3) is 4.24. The number of nitrogens with one attached hydrogen (secondary N) is 1. The molecule has 2 heterocycles. The van der Waals surface area contributed by atoms with Crippen LogP contribution in [-0.2, 0) is 6.54 Å². The number of imidazole rings is 2. The molecule has 2 rings (SSSR count). The largest absolute Gasteiger partial charge is 0.477 e. The van der Waals surface area contributed by atoms with Gasteiger partial charge in [0.05, 0.1) is 19.3 Å². The molecular weight excluding hydrogens is 256 g/mol. The van der Waals surface area contributed by atoms with Gasteiger partial charge in [0.2, 0.25) is 0 Å². The Bertz CT molecular complexity index is 505. The van der Waals surface area contributed by atoms with Crippen molar-refractivity contribution >= 4 is 11.9 Å². The van der Waals surface area contributed by atoms with Crippen LogP contribution in [0, 0.1) is 0 Å². The number of carboxylic acid groups (broad SMARTS) is 2. The van der Waals surface area contributed by atoms with E-state index in [2.05, 4.69) is 15.0 Å². The topological polar surface area (TPSA) is 141 Å². The second kappa shape index (κ2) is 6.91. The van der Waals surface area contributed by atoms with Gasteiger partial charge in [-0.05, 0) is 0 Å². The number of hydrogen-bond donors (Lipinski definition) is 4. The summed E-state index contributed by atoms with van der Waals surface area (Å²) in [6, 6.07) is 0. The van der Waals surface area contributed by atoms with Crippen LogP contribution in [0.1, 0.15) is 21.0 Å². The normalized spacial score (nSPS) is 9.53. The Morgan fingerprint density at radius 1 is 1.32 bits per heavy atom. The lowest BCUT2D eigenvalue weighted by molar-refractivity contribution is 0.0644. The van der Waals surface area contributed by atoms with E-state index >= 15 is 0 Å². The molecule has 0 radical (unpaired) electrons. The van der Waals surface area contributed by atoms with Crippen molar-refractivity contribution in [3.05, 3.63) is 36.4 Å². The van der Waals surface area contributed by atoms with Crippen molar-refractivity contribution < 1.29 is 24.9 Å². The molecule has 0 spiro atoms. The SMILES string of the molecule is O=C(O)c1nc[nH]c1C(=O)O.OCCn1ccnc1. The predicted molar refractivity (Wildman–Crippen MR) is 61.8 cm³/mol. The van der Waals surface area contributed by atoms with Crippen LogP contribution in [0.2, 0.25) is 0 Å². The van der Waals surface area contributed by atoms with Crippen molar-refractivity contribution in [2.45, 2.75) is 6.54 Å². The third-order valence-electron chi connectivity index (χ3n) is 1.97. The fourth-order valence-electron chi connectivity index (χ4n) is 1.15. The zero-order valence-corrected chi connectivity index (χ0v) is 9.72. The second-order valence-electron chi connectivity index (χ2n) is 3.26. The van der Waals surface area contributed by atoms with E-state index in [-0.39, 0.29) is 6.61 Å². The van der Waals surface area contributed by atoms with Gasteiger partial charge in [0.25, 0.3) is 0 Å². The molecule has 0 aliphatic rings. The Morgan fingerprint density at radius 3 is 2.47 bits per heavy atom. The number of aromatic carboxylic acids is 2. The minimum absolute atomic E-state index is 0.177. The first kappa shape index (κ1) is 14.4. The molecule has 0 unspecified atom stereocenters. The molecule has 2 aromatic rings. The summed E-state index contributed by atoms with van der Waals surface area (Å²) in [5.41, 5.74) is -0.880. The van der Waals surface area contributed by atoms with E-state index in [9.17, 15) is 9.59 Å². The molecule has 0 fully saturated rings. The summed E-state index contributed by atoms with van der Waals surface area (Å²) >= 11 is 0. The highest BCUT2D eigenvalue weighted by Gasteiger charge is 2.17. The lowest BCUT2D eigenvalue weighted by atomic mass is 10.3. The van der Waals surface area contributed by atoms with Crippen LogP contribution in [0.25, 0.3) is 0 Å². The Balaban J connectivity index is 0.000000200. The van der Waals surface area contributed by atoms with Gasteiger partial charge in [0, 0.05) is 18.9 Å². The van der Waals surface area contributed by atoms with E-state index < -0.39 is 23.3 Å². The lowest BCUT2D eigenvalue weighted by Crippen LogP contribution is -2.07. The molecule has 4 N–H and O–H groups in total. The summed E-state index contributed by atoms with van der Waals surface area (Å²) in [5.74, 6) is -2.69. The van der Waals surface area contributed by atoms with Crippen molar-refractivity contribution in [1.82, 2.24) is 19.5 Å². The van der Waals surface area contributed by atoms with Crippen molar-refractivity contribution in [2.75, 3.05) is 6.61 Å². The zero-order chi connectivity index (χ0) is 14.3. The first-order valence-corrected chi connectivity index (χ1v) is 5.12. The molecular formula is C10H12N4O5. The van der Waals surface area contributed by atoms with E-state index in [1.54, 1.807) is 12.5 Å². The number of carbonyl (C=O) groups is 2. The van der Waals surface area contributed by atoms with Crippen molar-refractivity contribution in [2.24, 2.45) is 0 Å². The quantitative estimate of drug-likeness (QED) is 0.595. The smallest absolute Gasteiger partial charge is 0.357 e. The van der Waals surface area contributed by atoms with Gasteiger partial charge in [0.1, 0.15) is 0 Å². The Labute approximate surface area is 107 Å². The monoisotopic (exact) mass is 268 g/mol. The average Bonchev–Trinajstić information content (AvgIpc) is 3.00. The molecule has 0 saturated carbocycles. The van der Waals surface area contributed by atoms with Gasteiger partial charge < -0.3 is 24.9 Å². The molecule has 0 aromatic carbocycles. The highest BCUT2D eigenvalue weighted by molar-refractivity contribution is 5.98.